The second-order valence-electron chi connectivity index (χ2n) is 30.3. The van der Waals surface area contributed by atoms with Gasteiger partial charge in [0.25, 0.3) is 0 Å². The van der Waals surface area contributed by atoms with Gasteiger partial charge in [-0.3, -0.25) is 16.3 Å². The van der Waals surface area contributed by atoms with E-state index in [1.54, 1.807) is 0 Å². The Balaban J connectivity index is 0.640. The van der Waals surface area contributed by atoms with Crippen molar-refractivity contribution in [2.75, 3.05) is 21.2 Å². The van der Waals surface area contributed by atoms with Gasteiger partial charge >= 0.3 is 0 Å². The average Bonchev–Trinajstić information content (AvgIpc) is 1.59. The fourth-order valence-corrected chi connectivity index (χ4v) is 16.6. The van der Waals surface area contributed by atoms with Gasteiger partial charge in [0.15, 0.2) is 0 Å². The number of hydrogen-bond donors (Lipinski definition) is 3. The van der Waals surface area contributed by atoms with Gasteiger partial charge < -0.3 is 4.90 Å². The highest BCUT2D eigenvalue weighted by Gasteiger charge is 2.39. The number of hydrazone groups is 3. The molecule has 0 amide bonds. The van der Waals surface area contributed by atoms with Crippen molar-refractivity contribution >= 4 is 51.3 Å². The highest BCUT2D eigenvalue weighted by molar-refractivity contribution is 6.15. The zero-order valence-electron chi connectivity index (χ0n) is 61.9. The van der Waals surface area contributed by atoms with Crippen LogP contribution >= 0.6 is 0 Å². The van der Waals surface area contributed by atoms with Crippen molar-refractivity contribution in [3.8, 4) is 66.8 Å². The van der Waals surface area contributed by atoms with Crippen LogP contribution in [0.15, 0.2) is 379 Å². The van der Waals surface area contributed by atoms with Crippen molar-refractivity contribution in [1.82, 2.24) is 0 Å². The topological polar surface area (TPSA) is 76.4 Å². The van der Waals surface area contributed by atoms with Crippen LogP contribution in [0.3, 0.4) is 0 Å². The van der Waals surface area contributed by atoms with Crippen LogP contribution in [-0.4, -0.2) is 17.1 Å². The second-order valence-corrected chi connectivity index (χ2v) is 30.3. The van der Waals surface area contributed by atoms with Crippen molar-refractivity contribution in [1.29, 1.82) is 0 Å². The normalized spacial score (nSPS) is 13.3. The van der Waals surface area contributed by atoms with Crippen LogP contribution in [0.2, 0.25) is 0 Å². The van der Waals surface area contributed by atoms with Gasteiger partial charge in [0.05, 0.1) is 34.2 Å². The Morgan fingerprint density at radius 2 is 0.404 bits per heavy atom. The molecule has 0 fully saturated rings. The fourth-order valence-electron chi connectivity index (χ4n) is 16.6. The largest absolute Gasteiger partial charge is 0.311 e. The SMILES string of the molecule is CC1(C)c2cc(NN=C(c3ccccc3)c3ccccc3)ccc2-c2ccc(-c3ccc(N(c4ccc(-c5ccc6c(c5)C(C)(C)c5cc(NN=C(c7ccccc7)c7ccccc7)ccc5-6)cc4)c4ccc(-c5ccc6c(c5)C(C)(C)c5cc(NN=C(c7ccccc7)c7ccccc7)ccc5-6)cc4)cc3)cc21. The van der Waals surface area contributed by atoms with Gasteiger partial charge in [0.1, 0.15) is 0 Å². The molecule has 15 aromatic carbocycles. The summed E-state index contributed by atoms with van der Waals surface area (Å²) in [7, 11) is 0. The van der Waals surface area contributed by atoms with Gasteiger partial charge in [-0.2, -0.15) is 15.3 Å². The molecule has 0 saturated carbocycles. The summed E-state index contributed by atoms with van der Waals surface area (Å²) < 4.78 is 0. The minimum atomic E-state index is -0.260. The Bertz CT molecular complexity index is 5310. The molecule has 0 aliphatic heterocycles. The van der Waals surface area contributed by atoms with Crippen LogP contribution in [-0.2, 0) is 16.2 Å². The van der Waals surface area contributed by atoms with Gasteiger partial charge in [-0.15, -0.1) is 0 Å². The minimum absolute atomic E-state index is 0.260. The van der Waals surface area contributed by atoms with E-state index >= 15 is 0 Å². The van der Waals surface area contributed by atoms with Crippen LogP contribution in [0, 0.1) is 0 Å². The molecule has 0 unspecified atom stereocenters. The first-order valence-electron chi connectivity index (χ1n) is 37.6. The predicted octanol–water partition coefficient (Wildman–Crippen LogP) is 25.7. The predicted molar refractivity (Wildman–Crippen MR) is 457 cm³/mol. The minimum Gasteiger partial charge on any atom is -0.311 e. The van der Waals surface area contributed by atoms with E-state index in [1.807, 2.05) is 36.4 Å². The Kier molecular flexibility index (Phi) is 17.2. The third-order valence-electron chi connectivity index (χ3n) is 22.6. The maximum atomic E-state index is 5.04. The number of rotatable bonds is 18. The van der Waals surface area contributed by atoms with E-state index < -0.39 is 0 Å². The molecule has 15 aromatic rings. The quantitative estimate of drug-likeness (QED) is 0.0591. The standard InChI is InChI=1S/C102H81N7/c1-100(2)91-61-76(43-55-85(91)88-58-46-79(64-94(88)100)103-106-97(70-25-13-7-14-26-70)71-27-15-8-16-28-71)67-37-49-82(50-38-67)109(83-51-39-68(40-52-83)77-44-56-86-89-59-47-80(65-95(89)101(3,4)92(86)62-77)104-107-98(72-29-17-9-18-30-72)73-31-19-10-20-32-73)84-53-41-69(42-54-84)78-45-57-87-90-60-48-81(66-96(90)102(5,6)93(87)63-78)105-108-99(74-33-21-11-22-34-74)75-35-23-12-24-36-75/h7-66,103-105H,1-6H3. The van der Waals surface area contributed by atoms with Crippen molar-refractivity contribution in [2.24, 2.45) is 15.3 Å². The van der Waals surface area contributed by atoms with Crippen LogP contribution in [0.1, 0.15) is 108 Å². The molecule has 0 heterocycles. The highest BCUT2D eigenvalue weighted by atomic mass is 15.3. The number of benzene rings is 15. The summed E-state index contributed by atoms with van der Waals surface area (Å²) in [5.74, 6) is 0. The molecule has 0 atom stereocenters. The Hall–Kier alpha value is -13.5. The second kappa shape index (κ2) is 27.8. The van der Waals surface area contributed by atoms with E-state index in [2.05, 4.69) is 390 Å². The van der Waals surface area contributed by atoms with Gasteiger partial charge in [-0.05, 0) is 191 Å². The van der Waals surface area contributed by atoms with Crippen molar-refractivity contribution in [3.63, 3.8) is 0 Å². The third kappa shape index (κ3) is 12.6. The molecule has 0 bridgehead atoms. The first-order valence-corrected chi connectivity index (χ1v) is 37.6. The molecular weight excluding hydrogens is 1320 g/mol. The van der Waals surface area contributed by atoms with E-state index in [1.165, 1.54) is 83.5 Å². The number of nitrogens with zero attached hydrogens (tertiary/aromatic N) is 4. The number of nitrogens with one attached hydrogen (secondary N) is 3. The van der Waals surface area contributed by atoms with Crippen molar-refractivity contribution in [2.45, 2.75) is 57.8 Å². The maximum Gasteiger partial charge on any atom is 0.0977 e. The van der Waals surface area contributed by atoms with E-state index in [0.717, 1.165) is 101 Å². The van der Waals surface area contributed by atoms with Gasteiger partial charge in [0.2, 0.25) is 0 Å². The molecule has 7 nitrogen and oxygen atoms in total. The molecule has 0 spiro atoms. The van der Waals surface area contributed by atoms with E-state index in [4.69, 9.17) is 15.3 Å². The van der Waals surface area contributed by atoms with Crippen molar-refractivity contribution < 1.29 is 0 Å². The molecule has 3 N–H and O–H groups in total. The molecule has 3 aliphatic carbocycles. The third-order valence-corrected chi connectivity index (χ3v) is 22.6. The van der Waals surface area contributed by atoms with Crippen LogP contribution in [0.5, 0.6) is 0 Å². The van der Waals surface area contributed by atoms with Gasteiger partial charge in [-0.1, -0.05) is 315 Å². The monoisotopic (exact) mass is 1400 g/mol. The lowest BCUT2D eigenvalue weighted by Crippen LogP contribution is -2.15. The highest BCUT2D eigenvalue weighted by Crippen LogP contribution is 2.54. The zero-order chi connectivity index (χ0) is 73.8. The van der Waals surface area contributed by atoms with E-state index in [-0.39, 0.29) is 16.2 Å². The summed E-state index contributed by atoms with van der Waals surface area (Å²) in [5, 5.41) is 15.1. The molecule has 3 aliphatic rings. The lowest BCUT2D eigenvalue weighted by atomic mass is 9.81. The molecule has 0 saturated heterocycles. The summed E-state index contributed by atoms with van der Waals surface area (Å²) in [5.41, 5.74) is 46.9. The summed E-state index contributed by atoms with van der Waals surface area (Å²) in [6.45, 7) is 14.1. The first-order chi connectivity index (χ1) is 53.3. The summed E-state index contributed by atoms with van der Waals surface area (Å²) in [4.78, 5) is 2.39. The van der Waals surface area contributed by atoms with Gasteiger partial charge in [0, 0.05) is 66.7 Å². The van der Waals surface area contributed by atoms with Crippen LogP contribution in [0.25, 0.3) is 66.8 Å². The molecule has 7 heteroatoms. The smallest absolute Gasteiger partial charge is 0.0977 e. The molecule has 0 radical (unpaired) electrons. The van der Waals surface area contributed by atoms with Crippen molar-refractivity contribution in [3.05, 3.63) is 431 Å². The van der Waals surface area contributed by atoms with Crippen LogP contribution in [0.4, 0.5) is 34.1 Å². The number of fused-ring (bicyclic) bond motifs is 9. The fraction of sp³-hybridized carbons (Fsp3) is 0.0882. The first kappa shape index (κ1) is 67.4. The number of anilines is 6. The Morgan fingerprint density at radius 3 is 0.624 bits per heavy atom. The summed E-state index contributed by atoms with van der Waals surface area (Å²) in [6.07, 6.45) is 0. The maximum absolute atomic E-state index is 5.04. The summed E-state index contributed by atoms with van der Waals surface area (Å²) in [6, 6.07) is 131. The Morgan fingerprint density at radius 1 is 0.211 bits per heavy atom. The van der Waals surface area contributed by atoms with E-state index in [0.29, 0.717) is 0 Å². The Labute approximate surface area is 639 Å². The van der Waals surface area contributed by atoms with Crippen LogP contribution < -0.4 is 21.2 Å². The summed E-state index contributed by atoms with van der Waals surface area (Å²) >= 11 is 0. The molecular formula is C102H81N7. The molecule has 0 aromatic heterocycles. The molecule has 18 rings (SSSR count). The lowest BCUT2D eigenvalue weighted by molar-refractivity contribution is 0.660. The average molecular weight is 1400 g/mol. The molecule has 524 valence electrons. The molecule has 109 heavy (non-hydrogen) atoms. The lowest BCUT2D eigenvalue weighted by Gasteiger charge is -2.26. The number of hydrogen-bond acceptors (Lipinski definition) is 7. The zero-order valence-corrected chi connectivity index (χ0v) is 61.9. The van der Waals surface area contributed by atoms with Gasteiger partial charge in [-0.25, -0.2) is 0 Å². The van der Waals surface area contributed by atoms with E-state index in [9.17, 15) is 0 Å².